The Bertz CT molecular complexity index is 904. The molecular formula is C26H29ClN2O2. The lowest BCUT2D eigenvalue weighted by atomic mass is 10.0. The van der Waals surface area contributed by atoms with Gasteiger partial charge in [-0.1, -0.05) is 48.9 Å². The summed E-state index contributed by atoms with van der Waals surface area (Å²) in [5.41, 5.74) is 2.28. The monoisotopic (exact) mass is 436 g/mol. The van der Waals surface area contributed by atoms with Gasteiger partial charge in [0, 0.05) is 23.0 Å². The van der Waals surface area contributed by atoms with Crippen LogP contribution in [0.4, 0.5) is 11.4 Å². The number of halogens is 1. The number of piperidine rings is 1. The molecular weight excluding hydrogens is 408 g/mol. The fourth-order valence-electron chi connectivity index (χ4n) is 3.88. The number of rotatable bonds is 7. The SMILES string of the molecule is Cl.O=C(c1cccc(OCCC2CCCCN2)c1)N(c1ccccc1)c1ccccc1. The van der Waals surface area contributed by atoms with Gasteiger partial charge in [-0.25, -0.2) is 0 Å². The highest BCUT2D eigenvalue weighted by molar-refractivity contribution is 6.11. The Labute approximate surface area is 190 Å². The molecule has 162 valence electrons. The Hall–Kier alpha value is -2.82. The van der Waals surface area contributed by atoms with Crippen LogP contribution < -0.4 is 15.0 Å². The van der Waals surface area contributed by atoms with Crippen LogP contribution in [0.15, 0.2) is 84.9 Å². The van der Waals surface area contributed by atoms with Crippen molar-refractivity contribution >= 4 is 29.7 Å². The molecule has 1 heterocycles. The van der Waals surface area contributed by atoms with Gasteiger partial charge in [0.1, 0.15) is 5.75 Å². The molecule has 0 saturated carbocycles. The molecule has 0 radical (unpaired) electrons. The fourth-order valence-corrected chi connectivity index (χ4v) is 3.88. The highest BCUT2D eigenvalue weighted by Crippen LogP contribution is 2.28. The van der Waals surface area contributed by atoms with Crippen LogP contribution in [0.5, 0.6) is 5.75 Å². The third kappa shape index (κ3) is 6.09. The van der Waals surface area contributed by atoms with E-state index in [0.717, 1.165) is 30.1 Å². The van der Waals surface area contributed by atoms with Crippen LogP contribution in [-0.2, 0) is 0 Å². The highest BCUT2D eigenvalue weighted by Gasteiger charge is 2.20. The lowest BCUT2D eigenvalue weighted by Gasteiger charge is -2.24. The summed E-state index contributed by atoms with van der Waals surface area (Å²) in [4.78, 5) is 15.2. The van der Waals surface area contributed by atoms with Crippen molar-refractivity contribution in [2.24, 2.45) is 0 Å². The van der Waals surface area contributed by atoms with Gasteiger partial charge in [-0.15, -0.1) is 12.4 Å². The Balaban J connectivity index is 0.00000272. The first-order valence-corrected chi connectivity index (χ1v) is 10.7. The number of benzene rings is 3. The van der Waals surface area contributed by atoms with Crippen molar-refractivity contribution in [1.82, 2.24) is 5.32 Å². The van der Waals surface area contributed by atoms with Crippen molar-refractivity contribution in [3.8, 4) is 5.75 Å². The van der Waals surface area contributed by atoms with Gasteiger partial charge in [0.15, 0.2) is 0 Å². The predicted octanol–water partition coefficient (Wildman–Crippen LogP) is 6.00. The van der Waals surface area contributed by atoms with E-state index in [0.29, 0.717) is 18.2 Å². The minimum Gasteiger partial charge on any atom is -0.494 e. The quantitative estimate of drug-likeness (QED) is 0.494. The first-order chi connectivity index (χ1) is 14.8. The minimum atomic E-state index is -0.0770. The highest BCUT2D eigenvalue weighted by atomic mass is 35.5. The molecule has 0 spiro atoms. The van der Waals surface area contributed by atoms with E-state index in [9.17, 15) is 4.79 Å². The molecule has 4 nitrogen and oxygen atoms in total. The van der Waals surface area contributed by atoms with Crippen LogP contribution in [0.1, 0.15) is 36.0 Å². The maximum atomic E-state index is 13.5. The van der Waals surface area contributed by atoms with Gasteiger partial charge in [0.05, 0.1) is 6.61 Å². The molecule has 5 heteroatoms. The zero-order chi connectivity index (χ0) is 20.6. The summed E-state index contributed by atoms with van der Waals surface area (Å²) >= 11 is 0. The lowest BCUT2D eigenvalue weighted by Crippen LogP contribution is -2.35. The number of nitrogens with one attached hydrogen (secondary N) is 1. The van der Waals surface area contributed by atoms with Crippen LogP contribution >= 0.6 is 12.4 Å². The summed E-state index contributed by atoms with van der Waals surface area (Å²) in [5, 5.41) is 3.55. The van der Waals surface area contributed by atoms with Crippen LogP contribution in [0.2, 0.25) is 0 Å². The molecule has 4 rings (SSSR count). The summed E-state index contributed by atoms with van der Waals surface area (Å²) < 4.78 is 5.98. The van der Waals surface area contributed by atoms with Crippen LogP contribution in [0, 0.1) is 0 Å². The van der Waals surface area contributed by atoms with Crippen LogP contribution in [-0.4, -0.2) is 25.1 Å². The Morgan fingerprint density at radius 2 is 1.58 bits per heavy atom. The smallest absolute Gasteiger partial charge is 0.262 e. The second-order valence-corrected chi connectivity index (χ2v) is 7.62. The van der Waals surface area contributed by atoms with Crippen molar-refractivity contribution in [3.05, 3.63) is 90.5 Å². The molecule has 3 aromatic carbocycles. The van der Waals surface area contributed by atoms with Gasteiger partial charge in [0.25, 0.3) is 5.91 Å². The topological polar surface area (TPSA) is 41.6 Å². The number of para-hydroxylation sites is 2. The fraction of sp³-hybridized carbons (Fsp3) is 0.269. The second-order valence-electron chi connectivity index (χ2n) is 7.62. The molecule has 0 bridgehead atoms. The molecule has 1 aliphatic rings. The van der Waals surface area contributed by atoms with Gasteiger partial charge >= 0.3 is 0 Å². The average molecular weight is 437 g/mol. The zero-order valence-corrected chi connectivity index (χ0v) is 18.4. The van der Waals surface area contributed by atoms with Crippen molar-refractivity contribution in [2.75, 3.05) is 18.1 Å². The standard InChI is InChI=1S/C26H28N2O2.ClH/c29-26(28(23-12-3-1-4-13-23)24-14-5-2-6-15-24)21-10-9-16-25(20-21)30-19-17-22-11-7-8-18-27-22;/h1-6,9-10,12-16,20,22,27H,7-8,11,17-19H2;1H. The molecule has 31 heavy (non-hydrogen) atoms. The molecule has 1 aliphatic heterocycles. The van der Waals surface area contributed by atoms with Crippen molar-refractivity contribution in [1.29, 1.82) is 0 Å². The third-order valence-electron chi connectivity index (χ3n) is 5.46. The zero-order valence-electron chi connectivity index (χ0n) is 17.6. The summed E-state index contributed by atoms with van der Waals surface area (Å²) in [6, 6.07) is 27.5. The van der Waals surface area contributed by atoms with Crippen molar-refractivity contribution in [2.45, 2.75) is 31.7 Å². The maximum absolute atomic E-state index is 13.5. The molecule has 1 fully saturated rings. The number of amides is 1. The summed E-state index contributed by atoms with van der Waals surface area (Å²) in [6.45, 7) is 1.75. The number of anilines is 2. The van der Waals surface area contributed by atoms with E-state index < -0.39 is 0 Å². The molecule has 1 atom stereocenters. The maximum Gasteiger partial charge on any atom is 0.262 e. The summed E-state index contributed by atoms with van der Waals surface area (Å²) in [6.07, 6.45) is 4.75. The van der Waals surface area contributed by atoms with E-state index in [1.807, 2.05) is 84.9 Å². The van der Waals surface area contributed by atoms with Crippen LogP contribution in [0.3, 0.4) is 0 Å². The lowest BCUT2D eigenvalue weighted by molar-refractivity contribution is 0.0998. The second kappa shape index (κ2) is 11.5. The Morgan fingerprint density at radius 3 is 2.19 bits per heavy atom. The van der Waals surface area contributed by atoms with Crippen LogP contribution in [0.25, 0.3) is 0 Å². The molecule has 1 saturated heterocycles. The minimum absolute atomic E-state index is 0. The van der Waals surface area contributed by atoms with E-state index >= 15 is 0 Å². The Kier molecular flexibility index (Phi) is 8.51. The van der Waals surface area contributed by atoms with E-state index in [1.54, 1.807) is 4.90 Å². The van der Waals surface area contributed by atoms with E-state index in [-0.39, 0.29) is 18.3 Å². The number of hydrogen-bond donors (Lipinski definition) is 1. The molecule has 0 aliphatic carbocycles. The van der Waals surface area contributed by atoms with Gasteiger partial charge in [-0.2, -0.15) is 0 Å². The van der Waals surface area contributed by atoms with Gasteiger partial charge in [-0.3, -0.25) is 9.69 Å². The number of carbonyl (C=O) groups excluding carboxylic acids is 1. The van der Waals surface area contributed by atoms with E-state index in [1.165, 1.54) is 19.3 Å². The molecule has 0 aromatic heterocycles. The van der Waals surface area contributed by atoms with Gasteiger partial charge in [-0.05, 0) is 68.3 Å². The van der Waals surface area contributed by atoms with E-state index in [2.05, 4.69) is 5.32 Å². The number of ether oxygens (including phenoxy) is 1. The number of nitrogens with zero attached hydrogens (tertiary/aromatic N) is 1. The normalized spacial score (nSPS) is 15.5. The first-order valence-electron chi connectivity index (χ1n) is 10.7. The van der Waals surface area contributed by atoms with Gasteiger partial charge < -0.3 is 10.1 Å². The average Bonchev–Trinajstić information content (AvgIpc) is 2.81. The summed E-state index contributed by atoms with van der Waals surface area (Å²) in [7, 11) is 0. The van der Waals surface area contributed by atoms with Crippen molar-refractivity contribution < 1.29 is 9.53 Å². The van der Waals surface area contributed by atoms with E-state index in [4.69, 9.17) is 4.74 Å². The molecule has 1 unspecified atom stereocenters. The van der Waals surface area contributed by atoms with Gasteiger partial charge in [0.2, 0.25) is 0 Å². The number of hydrogen-bond acceptors (Lipinski definition) is 3. The first kappa shape index (κ1) is 22.9. The molecule has 3 aromatic rings. The Morgan fingerprint density at radius 1 is 0.903 bits per heavy atom. The number of carbonyl (C=O) groups is 1. The predicted molar refractivity (Wildman–Crippen MR) is 129 cm³/mol. The molecule has 1 N–H and O–H groups in total. The van der Waals surface area contributed by atoms with Crippen molar-refractivity contribution in [3.63, 3.8) is 0 Å². The summed E-state index contributed by atoms with van der Waals surface area (Å²) in [5.74, 6) is 0.657. The third-order valence-corrected chi connectivity index (χ3v) is 5.46. The largest absolute Gasteiger partial charge is 0.494 e. The molecule has 1 amide bonds.